The Morgan fingerprint density at radius 3 is 1.64 bits per heavy atom. The maximum Gasteiger partial charge on any atom is 0.141 e. The average molecular weight is 285 g/mol. The fourth-order valence-electron chi connectivity index (χ4n) is 3.31. The van der Waals surface area contributed by atoms with Gasteiger partial charge in [0.1, 0.15) is 5.60 Å². The van der Waals surface area contributed by atoms with Gasteiger partial charge in [-0.15, -0.1) is 0 Å². The van der Waals surface area contributed by atoms with Gasteiger partial charge in [0.15, 0.2) is 0 Å². The molecule has 0 atom stereocenters. The van der Waals surface area contributed by atoms with E-state index in [0.29, 0.717) is 5.71 Å². The molecule has 0 saturated carbocycles. The molecule has 3 aromatic rings. The molecule has 0 bridgehead atoms. The van der Waals surface area contributed by atoms with Gasteiger partial charge in [0, 0.05) is 22.3 Å². The molecule has 0 saturated heterocycles. The van der Waals surface area contributed by atoms with Gasteiger partial charge in [-0.2, -0.15) is 0 Å². The predicted molar refractivity (Wildman–Crippen MR) is 87.4 cm³/mol. The molecule has 0 unspecified atom stereocenters. The van der Waals surface area contributed by atoms with Crippen molar-refractivity contribution in [1.82, 2.24) is 0 Å². The molecule has 2 N–H and O–H groups in total. The van der Waals surface area contributed by atoms with Gasteiger partial charge in [0.25, 0.3) is 0 Å². The molecule has 22 heavy (non-hydrogen) atoms. The molecule has 0 fully saturated rings. The summed E-state index contributed by atoms with van der Waals surface area (Å²) in [6.45, 7) is 0. The molecule has 0 heterocycles. The summed E-state index contributed by atoms with van der Waals surface area (Å²) in [4.78, 5) is 0. The van der Waals surface area contributed by atoms with Gasteiger partial charge in [-0.05, 0) is 5.56 Å². The Bertz CT molecular complexity index is 818. The van der Waals surface area contributed by atoms with Gasteiger partial charge in [0.05, 0.1) is 5.71 Å². The van der Waals surface area contributed by atoms with Crippen LogP contribution in [0.15, 0.2) is 78.9 Å². The first-order chi connectivity index (χ1) is 10.7. The summed E-state index contributed by atoms with van der Waals surface area (Å²) in [5.41, 5.74) is 3.17. The van der Waals surface area contributed by atoms with Crippen LogP contribution >= 0.6 is 0 Å². The van der Waals surface area contributed by atoms with E-state index in [2.05, 4.69) is 0 Å². The van der Waals surface area contributed by atoms with Crippen LogP contribution in [-0.4, -0.2) is 10.8 Å². The Labute approximate surface area is 129 Å². The van der Waals surface area contributed by atoms with Gasteiger partial charge in [-0.25, -0.2) is 0 Å². The molecule has 0 amide bonds. The summed E-state index contributed by atoms with van der Waals surface area (Å²) < 4.78 is 0. The number of benzene rings is 3. The van der Waals surface area contributed by atoms with Crippen LogP contribution in [0.3, 0.4) is 0 Å². The number of rotatable bonds is 1. The van der Waals surface area contributed by atoms with Crippen LogP contribution in [0, 0.1) is 5.41 Å². The maximum atomic E-state index is 11.7. The predicted octanol–water partition coefficient (Wildman–Crippen LogP) is 3.70. The van der Waals surface area contributed by atoms with Crippen molar-refractivity contribution in [1.29, 1.82) is 5.41 Å². The zero-order valence-electron chi connectivity index (χ0n) is 12.0. The first-order valence-electron chi connectivity index (χ1n) is 7.29. The molecular weight excluding hydrogens is 270 g/mol. The number of hydrogen-bond acceptors (Lipinski definition) is 2. The van der Waals surface area contributed by atoms with Gasteiger partial charge >= 0.3 is 0 Å². The van der Waals surface area contributed by atoms with Crippen LogP contribution in [0.5, 0.6) is 0 Å². The van der Waals surface area contributed by atoms with E-state index in [9.17, 15) is 5.11 Å². The number of nitrogens with one attached hydrogen (secondary N) is 1. The SMILES string of the molecule is N=C1c2ccccc2C(O)(c2ccccc2)c2ccccc21. The smallest absolute Gasteiger partial charge is 0.141 e. The Kier molecular flexibility index (Phi) is 2.75. The molecule has 106 valence electrons. The van der Waals surface area contributed by atoms with E-state index in [-0.39, 0.29) is 0 Å². The third-order valence-corrected chi connectivity index (χ3v) is 4.36. The molecule has 0 radical (unpaired) electrons. The second-order valence-corrected chi connectivity index (χ2v) is 5.54. The highest BCUT2D eigenvalue weighted by atomic mass is 16.3. The van der Waals surface area contributed by atoms with E-state index in [1.165, 1.54) is 0 Å². The summed E-state index contributed by atoms with van der Waals surface area (Å²) in [6, 6.07) is 24.9. The van der Waals surface area contributed by atoms with E-state index in [1.54, 1.807) is 0 Å². The molecule has 0 aliphatic heterocycles. The highest BCUT2D eigenvalue weighted by molar-refractivity contribution is 6.15. The van der Waals surface area contributed by atoms with Crippen molar-refractivity contribution in [3.8, 4) is 0 Å². The Morgan fingerprint density at radius 1 is 0.636 bits per heavy atom. The lowest BCUT2D eigenvalue weighted by Gasteiger charge is -2.37. The Hall–Kier alpha value is -2.71. The van der Waals surface area contributed by atoms with Crippen LogP contribution in [0.25, 0.3) is 0 Å². The summed E-state index contributed by atoms with van der Waals surface area (Å²) in [5, 5.41) is 20.1. The zero-order valence-corrected chi connectivity index (χ0v) is 12.0. The minimum absolute atomic E-state index is 0.465. The van der Waals surface area contributed by atoms with Gasteiger partial charge < -0.3 is 5.11 Å². The van der Waals surface area contributed by atoms with E-state index < -0.39 is 5.60 Å². The quantitative estimate of drug-likeness (QED) is 0.703. The lowest BCUT2D eigenvalue weighted by Crippen LogP contribution is -2.36. The van der Waals surface area contributed by atoms with Gasteiger partial charge in [0.2, 0.25) is 0 Å². The normalized spacial score (nSPS) is 19.4. The fourth-order valence-corrected chi connectivity index (χ4v) is 3.31. The maximum absolute atomic E-state index is 11.7. The van der Waals surface area contributed by atoms with Crippen LogP contribution in [0.1, 0.15) is 27.8 Å². The molecule has 0 spiro atoms. The minimum atomic E-state index is -1.22. The monoisotopic (exact) mass is 285 g/mol. The summed E-state index contributed by atoms with van der Waals surface area (Å²) >= 11 is 0. The molecule has 1 aliphatic carbocycles. The summed E-state index contributed by atoms with van der Waals surface area (Å²) in [6.07, 6.45) is 0. The fraction of sp³-hybridized carbons (Fsp3) is 0.0500. The van der Waals surface area contributed by atoms with Crippen molar-refractivity contribution in [3.63, 3.8) is 0 Å². The first-order valence-corrected chi connectivity index (χ1v) is 7.29. The van der Waals surface area contributed by atoms with E-state index in [4.69, 9.17) is 5.41 Å². The van der Waals surface area contributed by atoms with Gasteiger partial charge in [-0.3, -0.25) is 5.41 Å². The van der Waals surface area contributed by atoms with Crippen molar-refractivity contribution in [2.24, 2.45) is 0 Å². The largest absolute Gasteiger partial charge is 0.376 e. The van der Waals surface area contributed by atoms with Crippen molar-refractivity contribution in [2.75, 3.05) is 0 Å². The summed E-state index contributed by atoms with van der Waals surface area (Å²) in [7, 11) is 0. The van der Waals surface area contributed by atoms with E-state index in [1.807, 2.05) is 78.9 Å². The third-order valence-electron chi connectivity index (χ3n) is 4.36. The number of hydrogen-bond donors (Lipinski definition) is 2. The molecule has 1 aliphatic rings. The van der Waals surface area contributed by atoms with Crippen LogP contribution in [-0.2, 0) is 5.60 Å². The molecule has 4 rings (SSSR count). The minimum Gasteiger partial charge on any atom is -0.376 e. The molecule has 3 aromatic carbocycles. The second-order valence-electron chi connectivity index (χ2n) is 5.54. The lowest BCUT2D eigenvalue weighted by atomic mass is 9.70. The van der Waals surface area contributed by atoms with Crippen LogP contribution in [0.4, 0.5) is 0 Å². The van der Waals surface area contributed by atoms with Crippen molar-refractivity contribution in [2.45, 2.75) is 5.60 Å². The Balaban J connectivity index is 2.12. The lowest BCUT2D eigenvalue weighted by molar-refractivity contribution is 0.124. The van der Waals surface area contributed by atoms with Crippen molar-refractivity contribution < 1.29 is 5.11 Å². The summed E-state index contributed by atoms with van der Waals surface area (Å²) in [5.74, 6) is 0. The average Bonchev–Trinajstić information content (AvgIpc) is 2.60. The van der Waals surface area contributed by atoms with Crippen LogP contribution < -0.4 is 0 Å². The molecular formula is C20H15NO. The number of fused-ring (bicyclic) bond motifs is 2. The zero-order chi connectivity index (χ0) is 15.2. The highest BCUT2D eigenvalue weighted by Crippen LogP contribution is 2.43. The van der Waals surface area contributed by atoms with Gasteiger partial charge in [-0.1, -0.05) is 78.9 Å². The Morgan fingerprint density at radius 2 is 1.09 bits per heavy atom. The standard InChI is InChI=1S/C20H15NO/c21-19-15-10-4-6-12-17(15)20(22,14-8-2-1-3-9-14)18-13-7-5-11-16(18)19/h1-13,21-22H. The topological polar surface area (TPSA) is 44.1 Å². The first kappa shape index (κ1) is 13.0. The third kappa shape index (κ3) is 1.62. The molecule has 2 heteroatoms. The number of aliphatic hydroxyl groups is 1. The molecule has 2 nitrogen and oxygen atoms in total. The molecule has 0 aromatic heterocycles. The van der Waals surface area contributed by atoms with E-state index >= 15 is 0 Å². The second kappa shape index (κ2) is 4.65. The van der Waals surface area contributed by atoms with Crippen LogP contribution in [0.2, 0.25) is 0 Å². The van der Waals surface area contributed by atoms with E-state index in [0.717, 1.165) is 27.8 Å². The van der Waals surface area contributed by atoms with Crippen molar-refractivity contribution in [3.05, 3.63) is 107 Å². The highest BCUT2D eigenvalue weighted by Gasteiger charge is 2.41. The van der Waals surface area contributed by atoms with Crippen molar-refractivity contribution >= 4 is 5.71 Å².